The number of aryl methyl sites for hydroxylation is 1. The van der Waals surface area contributed by atoms with E-state index < -0.39 is 6.61 Å². The second-order valence-corrected chi connectivity index (χ2v) is 7.38. The molecule has 1 saturated carbocycles. The van der Waals surface area contributed by atoms with E-state index in [2.05, 4.69) is 37.8 Å². The van der Waals surface area contributed by atoms with Crippen molar-refractivity contribution in [3.8, 4) is 5.75 Å². The first kappa shape index (κ1) is 19.6. The molecule has 1 nitrogen and oxygen atoms in total. The van der Waals surface area contributed by atoms with Crippen LogP contribution in [0.5, 0.6) is 5.75 Å². The summed E-state index contributed by atoms with van der Waals surface area (Å²) in [7, 11) is 0. The number of allylic oxidation sites excluding steroid dienone is 3. The topological polar surface area (TPSA) is 9.23 Å². The largest absolute Gasteiger partial charge is 0.434 e. The van der Waals surface area contributed by atoms with Crippen LogP contribution in [0.3, 0.4) is 0 Å². The number of rotatable bonds is 7. The van der Waals surface area contributed by atoms with Gasteiger partial charge >= 0.3 is 6.61 Å². The van der Waals surface area contributed by atoms with Crippen LogP contribution in [0.4, 0.5) is 8.78 Å². The standard InChI is InChI=1S/C24H28F2O/c1-3-5-7-19-12-13-21-16-20(14-15-22(21)23(19)27-24(25)26)18-10-8-17(6-4-2)9-11-18/h3-4,6,12-18,24H,1,5,7-11H2,2H3/b6-4+. The minimum absolute atomic E-state index is 0.313. The fourth-order valence-electron chi connectivity index (χ4n) is 4.22. The summed E-state index contributed by atoms with van der Waals surface area (Å²) in [6.45, 7) is 2.98. The first-order valence-electron chi connectivity index (χ1n) is 9.86. The van der Waals surface area contributed by atoms with Gasteiger partial charge in [0.15, 0.2) is 0 Å². The van der Waals surface area contributed by atoms with E-state index >= 15 is 0 Å². The quantitative estimate of drug-likeness (QED) is 0.461. The zero-order valence-electron chi connectivity index (χ0n) is 16.0. The van der Waals surface area contributed by atoms with Crippen LogP contribution in [-0.4, -0.2) is 6.61 Å². The summed E-state index contributed by atoms with van der Waals surface area (Å²) < 4.78 is 30.9. The summed E-state index contributed by atoms with van der Waals surface area (Å²) in [4.78, 5) is 0. The maximum absolute atomic E-state index is 13.0. The molecule has 144 valence electrons. The van der Waals surface area contributed by atoms with Crippen molar-refractivity contribution >= 4 is 10.8 Å². The third-order valence-electron chi connectivity index (χ3n) is 5.61. The lowest BCUT2D eigenvalue weighted by molar-refractivity contribution is -0.0493. The highest BCUT2D eigenvalue weighted by Crippen LogP contribution is 2.39. The molecule has 1 fully saturated rings. The molecule has 0 bridgehead atoms. The molecule has 1 aliphatic carbocycles. The van der Waals surface area contributed by atoms with Gasteiger partial charge in [0.1, 0.15) is 5.75 Å². The van der Waals surface area contributed by atoms with Crippen molar-refractivity contribution in [3.63, 3.8) is 0 Å². The molecule has 3 heteroatoms. The van der Waals surface area contributed by atoms with Crippen LogP contribution in [0.2, 0.25) is 0 Å². The molecular weight excluding hydrogens is 342 g/mol. The Morgan fingerprint density at radius 1 is 1.15 bits per heavy atom. The van der Waals surface area contributed by atoms with E-state index in [-0.39, 0.29) is 0 Å². The van der Waals surface area contributed by atoms with Crippen LogP contribution in [0.1, 0.15) is 56.1 Å². The summed E-state index contributed by atoms with van der Waals surface area (Å²) >= 11 is 0. The lowest BCUT2D eigenvalue weighted by Crippen LogP contribution is -2.11. The lowest BCUT2D eigenvalue weighted by atomic mass is 9.78. The summed E-state index contributed by atoms with van der Waals surface area (Å²) in [6.07, 6.45) is 12.4. The van der Waals surface area contributed by atoms with Gasteiger partial charge in [0, 0.05) is 5.39 Å². The van der Waals surface area contributed by atoms with Crippen molar-refractivity contribution in [2.75, 3.05) is 0 Å². The van der Waals surface area contributed by atoms with Crippen molar-refractivity contribution in [1.29, 1.82) is 0 Å². The minimum atomic E-state index is -2.82. The van der Waals surface area contributed by atoms with Crippen molar-refractivity contribution < 1.29 is 13.5 Å². The van der Waals surface area contributed by atoms with Gasteiger partial charge in [0.2, 0.25) is 0 Å². The minimum Gasteiger partial charge on any atom is -0.434 e. The van der Waals surface area contributed by atoms with Crippen LogP contribution in [0.15, 0.2) is 55.1 Å². The van der Waals surface area contributed by atoms with Crippen molar-refractivity contribution in [1.82, 2.24) is 0 Å². The van der Waals surface area contributed by atoms with Gasteiger partial charge in [-0.3, -0.25) is 0 Å². The van der Waals surface area contributed by atoms with Gasteiger partial charge in [-0.05, 0) is 73.8 Å². The highest BCUT2D eigenvalue weighted by molar-refractivity contribution is 5.90. The Balaban J connectivity index is 1.88. The van der Waals surface area contributed by atoms with Crippen LogP contribution < -0.4 is 4.74 Å². The van der Waals surface area contributed by atoms with Gasteiger partial charge in [-0.25, -0.2) is 0 Å². The SMILES string of the molecule is C=CCCc1ccc2cc(C3CCC(/C=C/C)CC3)ccc2c1OC(F)F. The molecule has 2 aromatic carbocycles. The van der Waals surface area contributed by atoms with Crippen LogP contribution >= 0.6 is 0 Å². The molecule has 0 spiro atoms. The Morgan fingerprint density at radius 3 is 2.59 bits per heavy atom. The number of hydrogen-bond donors (Lipinski definition) is 0. The van der Waals surface area contributed by atoms with E-state index in [0.717, 1.165) is 22.8 Å². The van der Waals surface area contributed by atoms with Crippen molar-refractivity contribution in [2.45, 2.75) is 58.0 Å². The molecule has 0 aromatic heterocycles. The predicted octanol–water partition coefficient (Wildman–Crippen LogP) is 7.41. The second-order valence-electron chi connectivity index (χ2n) is 7.38. The Morgan fingerprint density at radius 2 is 1.93 bits per heavy atom. The average molecular weight is 370 g/mol. The van der Waals surface area contributed by atoms with Crippen LogP contribution in [-0.2, 0) is 6.42 Å². The molecule has 3 rings (SSSR count). The average Bonchev–Trinajstić information content (AvgIpc) is 2.67. The Bertz CT molecular complexity index is 801. The molecule has 0 unspecified atom stereocenters. The van der Waals surface area contributed by atoms with Gasteiger partial charge in [0.25, 0.3) is 0 Å². The monoisotopic (exact) mass is 370 g/mol. The normalized spacial score (nSPS) is 20.4. The molecule has 0 radical (unpaired) electrons. The fraction of sp³-hybridized carbons (Fsp3) is 0.417. The van der Waals surface area contributed by atoms with Gasteiger partial charge in [-0.1, -0.05) is 48.6 Å². The van der Waals surface area contributed by atoms with Gasteiger partial charge in [-0.15, -0.1) is 6.58 Å². The molecule has 27 heavy (non-hydrogen) atoms. The molecule has 0 saturated heterocycles. The Hall–Kier alpha value is -2.16. The predicted molar refractivity (Wildman–Crippen MR) is 109 cm³/mol. The van der Waals surface area contributed by atoms with E-state index in [1.54, 1.807) is 6.08 Å². The molecule has 0 aliphatic heterocycles. The van der Waals surface area contributed by atoms with Crippen LogP contribution in [0.25, 0.3) is 10.8 Å². The molecular formula is C24H28F2O. The summed E-state index contributed by atoms with van der Waals surface area (Å²) in [5.41, 5.74) is 2.12. The van der Waals surface area contributed by atoms with Gasteiger partial charge in [-0.2, -0.15) is 8.78 Å². The molecule has 0 heterocycles. The maximum Gasteiger partial charge on any atom is 0.387 e. The smallest absolute Gasteiger partial charge is 0.387 e. The first-order valence-corrected chi connectivity index (χ1v) is 9.86. The number of alkyl halides is 2. The van der Waals surface area contributed by atoms with Crippen molar-refractivity contribution in [2.24, 2.45) is 5.92 Å². The molecule has 0 amide bonds. The zero-order chi connectivity index (χ0) is 19.2. The number of hydrogen-bond acceptors (Lipinski definition) is 1. The van der Waals surface area contributed by atoms with E-state index in [1.165, 1.54) is 31.2 Å². The van der Waals surface area contributed by atoms with Crippen LogP contribution in [0, 0.1) is 5.92 Å². The third-order valence-corrected chi connectivity index (χ3v) is 5.61. The fourth-order valence-corrected chi connectivity index (χ4v) is 4.22. The number of fused-ring (bicyclic) bond motifs is 1. The summed E-state index contributed by atoms with van der Waals surface area (Å²) in [6, 6.07) is 10.2. The Kier molecular flexibility index (Phi) is 6.65. The van der Waals surface area contributed by atoms with E-state index in [9.17, 15) is 8.78 Å². The molecule has 1 aliphatic rings. The van der Waals surface area contributed by atoms with E-state index in [4.69, 9.17) is 4.74 Å². The Labute approximate surface area is 160 Å². The molecule has 2 aromatic rings. The molecule has 0 N–H and O–H groups in total. The number of halogens is 2. The number of benzene rings is 2. The second kappa shape index (κ2) is 9.16. The van der Waals surface area contributed by atoms with Gasteiger partial charge in [0.05, 0.1) is 0 Å². The van der Waals surface area contributed by atoms with Gasteiger partial charge < -0.3 is 4.74 Å². The van der Waals surface area contributed by atoms with E-state index in [1.807, 2.05) is 18.2 Å². The number of ether oxygens (including phenoxy) is 1. The highest BCUT2D eigenvalue weighted by atomic mass is 19.3. The zero-order valence-corrected chi connectivity index (χ0v) is 16.0. The first-order chi connectivity index (χ1) is 13.1. The molecule has 0 atom stereocenters. The summed E-state index contributed by atoms with van der Waals surface area (Å²) in [5, 5.41) is 1.74. The van der Waals surface area contributed by atoms with E-state index in [0.29, 0.717) is 24.0 Å². The van der Waals surface area contributed by atoms with Crippen molar-refractivity contribution in [3.05, 3.63) is 66.3 Å². The third kappa shape index (κ3) is 4.77. The lowest BCUT2D eigenvalue weighted by Gasteiger charge is -2.27. The highest BCUT2D eigenvalue weighted by Gasteiger charge is 2.21. The summed E-state index contributed by atoms with van der Waals surface area (Å²) in [5.74, 6) is 1.56. The maximum atomic E-state index is 13.0.